The number of rotatable bonds is 6. The van der Waals surface area contributed by atoms with Gasteiger partial charge >= 0.3 is 0 Å². The standard InChI is InChI=1S/C24H22FNO3/c25-18-8-10-19(11-9-18)26-23(17-6-12-20(27)13-7-17)21(24(26)29)14-15-22(28)16-4-2-1-3-5-16/h1-13,21-23,27-28H,14-15H2/t21-,22+,23-/m1/s1. The molecule has 1 heterocycles. The van der Waals surface area contributed by atoms with Crippen LogP contribution in [0.2, 0.25) is 0 Å². The summed E-state index contributed by atoms with van der Waals surface area (Å²) in [6.07, 6.45) is 0.356. The summed E-state index contributed by atoms with van der Waals surface area (Å²) in [5.41, 5.74) is 2.36. The minimum atomic E-state index is -0.635. The average Bonchev–Trinajstić information content (AvgIpc) is 2.74. The van der Waals surface area contributed by atoms with Crippen molar-refractivity contribution in [1.82, 2.24) is 0 Å². The Balaban J connectivity index is 1.56. The number of anilines is 1. The van der Waals surface area contributed by atoms with Crippen LogP contribution in [-0.2, 0) is 4.79 Å². The van der Waals surface area contributed by atoms with E-state index in [-0.39, 0.29) is 29.4 Å². The predicted octanol–water partition coefficient (Wildman–Crippen LogP) is 4.75. The first-order valence-electron chi connectivity index (χ1n) is 9.65. The van der Waals surface area contributed by atoms with Crippen molar-refractivity contribution in [3.8, 4) is 5.75 Å². The topological polar surface area (TPSA) is 60.8 Å². The Morgan fingerprint density at radius 2 is 1.59 bits per heavy atom. The molecule has 0 aromatic heterocycles. The van der Waals surface area contributed by atoms with E-state index in [1.54, 1.807) is 41.3 Å². The smallest absolute Gasteiger partial charge is 0.233 e. The maximum Gasteiger partial charge on any atom is 0.233 e. The number of β-lactam (4-membered cyclic amide) rings is 1. The molecule has 0 radical (unpaired) electrons. The maximum absolute atomic E-state index is 13.3. The number of aliphatic hydroxyl groups excluding tert-OH is 1. The fourth-order valence-electron chi connectivity index (χ4n) is 3.95. The third-order valence-corrected chi connectivity index (χ3v) is 5.49. The molecule has 0 spiro atoms. The van der Waals surface area contributed by atoms with E-state index in [0.717, 1.165) is 11.1 Å². The zero-order chi connectivity index (χ0) is 20.4. The molecule has 4 rings (SSSR count). The van der Waals surface area contributed by atoms with Gasteiger partial charge in [-0.2, -0.15) is 0 Å². The second-order valence-corrected chi connectivity index (χ2v) is 7.33. The number of phenols is 1. The molecule has 3 atom stereocenters. The van der Waals surface area contributed by atoms with Crippen LogP contribution in [0.4, 0.5) is 10.1 Å². The molecule has 3 aromatic carbocycles. The summed E-state index contributed by atoms with van der Waals surface area (Å²) >= 11 is 0. The summed E-state index contributed by atoms with van der Waals surface area (Å²) in [4.78, 5) is 14.6. The van der Waals surface area contributed by atoms with Crippen LogP contribution in [0.15, 0.2) is 78.9 Å². The Bertz CT molecular complexity index is 973. The normalized spacial score (nSPS) is 19.7. The van der Waals surface area contributed by atoms with E-state index < -0.39 is 6.10 Å². The predicted molar refractivity (Wildman–Crippen MR) is 109 cm³/mol. The SMILES string of the molecule is O=C1[C@H](CC[C@H](O)c2ccccc2)[C@@H](c2ccc(O)cc2)N1c1ccc(F)cc1. The molecule has 148 valence electrons. The van der Waals surface area contributed by atoms with Crippen LogP contribution >= 0.6 is 0 Å². The van der Waals surface area contributed by atoms with Gasteiger partial charge in [-0.25, -0.2) is 4.39 Å². The second kappa shape index (κ2) is 8.05. The van der Waals surface area contributed by atoms with E-state index >= 15 is 0 Å². The third-order valence-electron chi connectivity index (χ3n) is 5.49. The van der Waals surface area contributed by atoms with Crippen LogP contribution in [0.5, 0.6) is 5.75 Å². The van der Waals surface area contributed by atoms with Gasteiger partial charge in [0.05, 0.1) is 18.1 Å². The molecule has 0 bridgehead atoms. The van der Waals surface area contributed by atoms with Crippen molar-refractivity contribution in [2.75, 3.05) is 4.90 Å². The van der Waals surface area contributed by atoms with Gasteiger partial charge in [0.25, 0.3) is 0 Å². The molecule has 0 saturated carbocycles. The molecule has 5 heteroatoms. The fraction of sp³-hybridized carbons (Fsp3) is 0.208. The van der Waals surface area contributed by atoms with Crippen LogP contribution in [-0.4, -0.2) is 16.1 Å². The molecule has 1 aliphatic heterocycles. The molecule has 0 aliphatic carbocycles. The zero-order valence-electron chi connectivity index (χ0n) is 15.8. The molecule has 3 aromatic rings. The van der Waals surface area contributed by atoms with Gasteiger partial charge in [-0.15, -0.1) is 0 Å². The lowest BCUT2D eigenvalue weighted by atomic mass is 9.78. The van der Waals surface area contributed by atoms with Crippen LogP contribution in [0.3, 0.4) is 0 Å². The fourth-order valence-corrected chi connectivity index (χ4v) is 3.95. The number of benzene rings is 3. The van der Waals surface area contributed by atoms with Crippen LogP contribution < -0.4 is 4.90 Å². The third kappa shape index (κ3) is 3.87. The number of aliphatic hydroxyl groups is 1. The zero-order valence-corrected chi connectivity index (χ0v) is 15.8. The van der Waals surface area contributed by atoms with E-state index in [1.807, 2.05) is 30.3 Å². The van der Waals surface area contributed by atoms with Crippen molar-refractivity contribution >= 4 is 11.6 Å². The number of aromatic hydroxyl groups is 1. The van der Waals surface area contributed by atoms with Crippen molar-refractivity contribution in [2.45, 2.75) is 25.0 Å². The van der Waals surface area contributed by atoms with Gasteiger partial charge in [-0.05, 0) is 60.4 Å². The van der Waals surface area contributed by atoms with Gasteiger partial charge in [0.2, 0.25) is 5.91 Å². The minimum absolute atomic E-state index is 0.0463. The molecular formula is C24H22FNO3. The van der Waals surface area contributed by atoms with Crippen LogP contribution in [0, 0.1) is 11.7 Å². The first kappa shape index (κ1) is 19.2. The molecule has 4 nitrogen and oxygen atoms in total. The van der Waals surface area contributed by atoms with Crippen molar-refractivity contribution in [2.24, 2.45) is 5.92 Å². The Kier molecular flexibility index (Phi) is 5.32. The number of hydrogen-bond donors (Lipinski definition) is 2. The molecule has 1 fully saturated rings. The van der Waals surface area contributed by atoms with Crippen LogP contribution in [0.1, 0.15) is 36.1 Å². The van der Waals surface area contributed by atoms with Gasteiger partial charge in [-0.3, -0.25) is 4.79 Å². The molecular weight excluding hydrogens is 369 g/mol. The first-order valence-corrected chi connectivity index (χ1v) is 9.65. The molecule has 0 unspecified atom stereocenters. The number of nitrogens with zero attached hydrogens (tertiary/aromatic N) is 1. The lowest BCUT2D eigenvalue weighted by Crippen LogP contribution is -2.55. The molecule has 1 aliphatic rings. The maximum atomic E-state index is 13.3. The van der Waals surface area contributed by atoms with Crippen molar-refractivity contribution in [3.05, 3.63) is 95.8 Å². The van der Waals surface area contributed by atoms with E-state index in [4.69, 9.17) is 0 Å². The highest BCUT2D eigenvalue weighted by Crippen LogP contribution is 2.46. The Hall–Kier alpha value is -3.18. The average molecular weight is 391 g/mol. The summed E-state index contributed by atoms with van der Waals surface area (Å²) in [6.45, 7) is 0. The van der Waals surface area contributed by atoms with E-state index in [9.17, 15) is 19.4 Å². The van der Waals surface area contributed by atoms with Crippen molar-refractivity contribution in [1.29, 1.82) is 0 Å². The Morgan fingerprint density at radius 3 is 2.24 bits per heavy atom. The van der Waals surface area contributed by atoms with Gasteiger partial charge < -0.3 is 15.1 Å². The van der Waals surface area contributed by atoms with Crippen molar-refractivity contribution < 1.29 is 19.4 Å². The Morgan fingerprint density at radius 1 is 0.931 bits per heavy atom. The van der Waals surface area contributed by atoms with Gasteiger partial charge in [-0.1, -0.05) is 42.5 Å². The molecule has 1 amide bonds. The van der Waals surface area contributed by atoms with Crippen LogP contribution in [0.25, 0.3) is 0 Å². The highest BCUT2D eigenvalue weighted by atomic mass is 19.1. The number of hydrogen-bond acceptors (Lipinski definition) is 3. The summed E-state index contributed by atoms with van der Waals surface area (Å²) < 4.78 is 13.3. The highest BCUT2D eigenvalue weighted by Gasteiger charge is 2.48. The summed E-state index contributed by atoms with van der Waals surface area (Å²) in [5, 5.41) is 20.1. The van der Waals surface area contributed by atoms with Gasteiger partial charge in [0.1, 0.15) is 11.6 Å². The lowest BCUT2D eigenvalue weighted by Gasteiger charge is -2.48. The first-order chi connectivity index (χ1) is 14.0. The number of halogens is 1. The summed E-state index contributed by atoms with van der Waals surface area (Å²) in [6, 6.07) is 21.8. The molecule has 2 N–H and O–H groups in total. The van der Waals surface area contributed by atoms with E-state index in [0.29, 0.717) is 18.5 Å². The summed E-state index contributed by atoms with van der Waals surface area (Å²) in [7, 11) is 0. The number of carbonyl (C=O) groups excluding carboxylic acids is 1. The quantitative estimate of drug-likeness (QED) is 0.596. The van der Waals surface area contributed by atoms with E-state index in [2.05, 4.69) is 0 Å². The number of carbonyl (C=O) groups is 1. The highest BCUT2D eigenvalue weighted by molar-refractivity contribution is 6.03. The number of amides is 1. The largest absolute Gasteiger partial charge is 0.508 e. The lowest BCUT2D eigenvalue weighted by molar-refractivity contribution is -0.131. The second-order valence-electron chi connectivity index (χ2n) is 7.33. The molecule has 29 heavy (non-hydrogen) atoms. The minimum Gasteiger partial charge on any atom is -0.508 e. The van der Waals surface area contributed by atoms with Gasteiger partial charge in [0, 0.05) is 5.69 Å². The van der Waals surface area contributed by atoms with E-state index in [1.165, 1.54) is 12.1 Å². The summed E-state index contributed by atoms with van der Waals surface area (Å²) in [5.74, 6) is -0.535. The monoisotopic (exact) mass is 391 g/mol. The molecule has 1 saturated heterocycles. The van der Waals surface area contributed by atoms with Crippen molar-refractivity contribution in [3.63, 3.8) is 0 Å². The Labute approximate surface area is 168 Å². The number of phenolic OH excluding ortho intramolecular Hbond substituents is 1. The van der Waals surface area contributed by atoms with Gasteiger partial charge in [0.15, 0.2) is 0 Å².